The molecule has 1 aliphatic heterocycles. The zero-order valence-corrected chi connectivity index (χ0v) is 11.2. The summed E-state index contributed by atoms with van der Waals surface area (Å²) in [4.78, 5) is 21.6. The van der Waals surface area contributed by atoms with Crippen LogP contribution in [0.1, 0.15) is 17.1 Å². The summed E-state index contributed by atoms with van der Waals surface area (Å²) in [7, 11) is 1.77. The minimum absolute atomic E-state index is 0.0914. The molecule has 0 aliphatic carbocycles. The van der Waals surface area contributed by atoms with Crippen LogP contribution >= 0.6 is 0 Å². The van der Waals surface area contributed by atoms with E-state index in [9.17, 15) is 4.79 Å². The van der Waals surface area contributed by atoms with E-state index in [0.717, 1.165) is 22.5 Å². The Balaban J connectivity index is 2.09. The lowest BCUT2D eigenvalue weighted by molar-refractivity contribution is -0.117. The Bertz CT molecular complexity index is 761. The van der Waals surface area contributed by atoms with Crippen molar-refractivity contribution in [3.63, 3.8) is 0 Å². The highest BCUT2D eigenvalue weighted by Crippen LogP contribution is 2.31. The van der Waals surface area contributed by atoms with E-state index >= 15 is 0 Å². The number of benzene rings is 1. The van der Waals surface area contributed by atoms with Crippen LogP contribution in [0.5, 0.6) is 0 Å². The molecule has 1 aromatic carbocycles. The number of hydrogen-bond acceptors (Lipinski definition) is 4. The molecular formula is C15H12N4O. The third-order valence-electron chi connectivity index (χ3n) is 3.41. The summed E-state index contributed by atoms with van der Waals surface area (Å²) in [6.07, 6.45) is 0.412. The van der Waals surface area contributed by atoms with Crippen molar-refractivity contribution in [2.45, 2.75) is 13.3 Å². The zero-order valence-electron chi connectivity index (χ0n) is 11.2. The largest absolute Gasteiger partial charge is 0.315 e. The highest BCUT2D eigenvalue weighted by Gasteiger charge is 2.24. The maximum absolute atomic E-state index is 11.7. The van der Waals surface area contributed by atoms with Gasteiger partial charge in [-0.05, 0) is 30.7 Å². The molecule has 1 aromatic heterocycles. The fourth-order valence-corrected chi connectivity index (χ4v) is 2.40. The number of nitrogens with zero attached hydrogens (tertiary/aromatic N) is 4. The lowest BCUT2D eigenvalue weighted by atomic mass is 10.1. The maximum atomic E-state index is 11.7. The lowest BCUT2D eigenvalue weighted by Crippen LogP contribution is -2.20. The van der Waals surface area contributed by atoms with Gasteiger partial charge in [0, 0.05) is 24.0 Å². The van der Waals surface area contributed by atoms with E-state index in [-0.39, 0.29) is 11.7 Å². The van der Waals surface area contributed by atoms with Crippen molar-refractivity contribution in [3.05, 3.63) is 41.3 Å². The topological polar surface area (TPSA) is 69.9 Å². The highest BCUT2D eigenvalue weighted by molar-refractivity contribution is 6.01. The lowest BCUT2D eigenvalue weighted by Gasteiger charge is -2.10. The van der Waals surface area contributed by atoms with Crippen LogP contribution in [0.4, 0.5) is 5.69 Å². The summed E-state index contributed by atoms with van der Waals surface area (Å²) in [6, 6.07) is 9.58. The summed E-state index contributed by atoms with van der Waals surface area (Å²) in [5.74, 6) is 0.252. The fraction of sp³-hybridized carbons (Fsp3) is 0.200. The van der Waals surface area contributed by atoms with Crippen LogP contribution in [-0.4, -0.2) is 22.9 Å². The van der Waals surface area contributed by atoms with Crippen molar-refractivity contribution >= 4 is 11.6 Å². The Hall–Kier alpha value is -2.74. The van der Waals surface area contributed by atoms with Crippen LogP contribution in [-0.2, 0) is 11.2 Å². The van der Waals surface area contributed by atoms with Crippen molar-refractivity contribution in [2.75, 3.05) is 11.9 Å². The summed E-state index contributed by atoms with van der Waals surface area (Å²) in [5, 5.41) is 8.93. The molecule has 2 heterocycles. The molecule has 0 radical (unpaired) electrons. The molecular weight excluding hydrogens is 252 g/mol. The molecule has 0 fully saturated rings. The molecule has 0 unspecified atom stereocenters. The predicted octanol–water partition coefficient (Wildman–Crippen LogP) is 1.84. The number of nitriles is 1. The van der Waals surface area contributed by atoms with Crippen molar-refractivity contribution in [1.29, 1.82) is 5.26 Å². The second-order valence-electron chi connectivity index (χ2n) is 4.80. The van der Waals surface area contributed by atoms with Gasteiger partial charge in [-0.1, -0.05) is 6.07 Å². The average molecular weight is 264 g/mol. The van der Waals surface area contributed by atoms with E-state index in [0.29, 0.717) is 12.1 Å². The number of carbonyl (C=O) groups excluding carboxylic acids is 1. The van der Waals surface area contributed by atoms with E-state index in [4.69, 9.17) is 5.26 Å². The van der Waals surface area contributed by atoms with Crippen LogP contribution < -0.4 is 4.90 Å². The number of fused-ring (bicyclic) bond motifs is 1. The molecule has 98 valence electrons. The number of carbonyl (C=O) groups is 1. The number of rotatable bonds is 1. The summed E-state index contributed by atoms with van der Waals surface area (Å²) >= 11 is 0. The number of aromatic nitrogens is 2. The molecule has 3 rings (SSSR count). The van der Waals surface area contributed by atoms with E-state index in [1.165, 1.54) is 0 Å². The van der Waals surface area contributed by atoms with E-state index in [1.807, 2.05) is 37.3 Å². The Morgan fingerprint density at radius 1 is 1.30 bits per heavy atom. The SMILES string of the molecule is Cc1cc(-c2ccc3c(c2)CC(=O)N3C)nc(C#N)n1. The quantitative estimate of drug-likeness (QED) is 0.788. The van der Waals surface area contributed by atoms with Gasteiger partial charge in [0.2, 0.25) is 11.7 Å². The van der Waals surface area contributed by atoms with Gasteiger partial charge in [0.25, 0.3) is 0 Å². The molecule has 0 spiro atoms. The molecule has 20 heavy (non-hydrogen) atoms. The minimum atomic E-state index is 0.0914. The first-order chi connectivity index (χ1) is 9.58. The first kappa shape index (κ1) is 12.3. The maximum Gasteiger partial charge on any atom is 0.232 e. The van der Waals surface area contributed by atoms with E-state index < -0.39 is 0 Å². The zero-order chi connectivity index (χ0) is 14.3. The van der Waals surface area contributed by atoms with E-state index in [2.05, 4.69) is 9.97 Å². The number of amides is 1. The summed E-state index contributed by atoms with van der Waals surface area (Å²) in [6.45, 7) is 1.83. The van der Waals surface area contributed by atoms with Crippen molar-refractivity contribution in [3.8, 4) is 17.3 Å². The standard InChI is InChI=1S/C15H12N4O/c1-9-5-12(18-14(8-16)17-9)10-3-4-13-11(6-10)7-15(20)19(13)2/h3-6H,7H2,1-2H3. The molecule has 0 bridgehead atoms. The molecule has 1 aliphatic rings. The molecule has 5 nitrogen and oxygen atoms in total. The first-order valence-corrected chi connectivity index (χ1v) is 6.24. The number of anilines is 1. The molecule has 1 amide bonds. The summed E-state index contributed by atoms with van der Waals surface area (Å²) < 4.78 is 0. The molecule has 0 saturated heterocycles. The minimum Gasteiger partial charge on any atom is -0.315 e. The molecule has 0 atom stereocenters. The van der Waals surface area contributed by atoms with Crippen LogP contribution in [0.25, 0.3) is 11.3 Å². The number of aryl methyl sites for hydroxylation is 1. The second kappa shape index (κ2) is 4.42. The molecule has 0 saturated carbocycles. The average Bonchev–Trinajstić information content (AvgIpc) is 2.73. The van der Waals surface area contributed by atoms with Crippen molar-refractivity contribution in [2.24, 2.45) is 0 Å². The van der Waals surface area contributed by atoms with Crippen molar-refractivity contribution < 1.29 is 4.79 Å². The van der Waals surface area contributed by atoms with Gasteiger partial charge in [-0.3, -0.25) is 4.79 Å². The normalized spacial score (nSPS) is 13.2. The molecule has 2 aromatic rings. The summed E-state index contributed by atoms with van der Waals surface area (Å²) in [5.41, 5.74) is 4.28. The Morgan fingerprint density at radius 2 is 2.10 bits per heavy atom. The van der Waals surface area contributed by atoms with Crippen LogP contribution in [0, 0.1) is 18.3 Å². The van der Waals surface area contributed by atoms with Gasteiger partial charge < -0.3 is 4.90 Å². The van der Waals surface area contributed by atoms with Crippen LogP contribution in [0.2, 0.25) is 0 Å². The number of likely N-dealkylation sites (N-methyl/N-ethyl adjacent to an activating group) is 1. The van der Waals surface area contributed by atoms with E-state index in [1.54, 1.807) is 11.9 Å². The van der Waals surface area contributed by atoms with Gasteiger partial charge in [-0.25, -0.2) is 9.97 Å². The van der Waals surface area contributed by atoms with Gasteiger partial charge in [0.15, 0.2) is 0 Å². The Morgan fingerprint density at radius 3 is 2.85 bits per heavy atom. The van der Waals surface area contributed by atoms with Crippen molar-refractivity contribution in [1.82, 2.24) is 9.97 Å². The van der Waals surface area contributed by atoms with Gasteiger partial charge in [0.05, 0.1) is 12.1 Å². The Kier molecular flexibility index (Phi) is 2.72. The van der Waals surface area contributed by atoms with Gasteiger partial charge in [-0.15, -0.1) is 0 Å². The Labute approximate surface area is 116 Å². The predicted molar refractivity (Wildman–Crippen MR) is 74.0 cm³/mol. The fourth-order valence-electron chi connectivity index (χ4n) is 2.40. The number of hydrogen-bond donors (Lipinski definition) is 0. The van der Waals surface area contributed by atoms with Gasteiger partial charge in [0.1, 0.15) is 6.07 Å². The van der Waals surface area contributed by atoms with Gasteiger partial charge >= 0.3 is 0 Å². The van der Waals surface area contributed by atoms with Gasteiger partial charge in [-0.2, -0.15) is 5.26 Å². The third-order valence-corrected chi connectivity index (χ3v) is 3.41. The smallest absolute Gasteiger partial charge is 0.232 e. The highest BCUT2D eigenvalue weighted by atomic mass is 16.2. The molecule has 5 heteroatoms. The molecule has 0 N–H and O–H groups in total. The first-order valence-electron chi connectivity index (χ1n) is 6.24. The van der Waals surface area contributed by atoms with Crippen LogP contribution in [0.15, 0.2) is 24.3 Å². The van der Waals surface area contributed by atoms with Crippen LogP contribution in [0.3, 0.4) is 0 Å². The second-order valence-corrected chi connectivity index (χ2v) is 4.80. The monoisotopic (exact) mass is 264 g/mol. The third kappa shape index (κ3) is 1.91.